The second-order valence-electron chi connectivity index (χ2n) is 4.25. The average molecular weight is 230 g/mol. The van der Waals surface area contributed by atoms with E-state index in [4.69, 9.17) is 0 Å². The Morgan fingerprint density at radius 3 is 3.06 bits per heavy atom. The number of carbonyl (C=O) groups excluding carboxylic acids is 1. The van der Waals surface area contributed by atoms with E-state index < -0.39 is 0 Å². The summed E-state index contributed by atoms with van der Waals surface area (Å²) < 4.78 is 0. The molecule has 2 rings (SSSR count). The van der Waals surface area contributed by atoms with Gasteiger partial charge in [0, 0.05) is 24.7 Å². The number of aromatic amines is 1. The van der Waals surface area contributed by atoms with Gasteiger partial charge in [-0.15, -0.1) is 0 Å². The molecule has 0 unspecified atom stereocenters. The SMILES string of the molecule is CCCC(=O)NCCc1ccc2cc[nH]c2c1. The van der Waals surface area contributed by atoms with Crippen LogP contribution in [0.3, 0.4) is 0 Å². The number of hydrogen-bond donors (Lipinski definition) is 2. The fourth-order valence-electron chi connectivity index (χ4n) is 1.91. The van der Waals surface area contributed by atoms with Crippen LogP contribution in [0.4, 0.5) is 0 Å². The van der Waals surface area contributed by atoms with Gasteiger partial charge in [0.15, 0.2) is 0 Å². The van der Waals surface area contributed by atoms with Crippen LogP contribution < -0.4 is 5.32 Å². The van der Waals surface area contributed by atoms with Crippen molar-refractivity contribution in [2.45, 2.75) is 26.2 Å². The summed E-state index contributed by atoms with van der Waals surface area (Å²) in [5.41, 5.74) is 2.40. The summed E-state index contributed by atoms with van der Waals surface area (Å²) in [5.74, 6) is 0.147. The standard InChI is InChI=1S/C14H18N2O/c1-2-3-14(17)16-8-6-11-4-5-12-7-9-15-13(12)10-11/h4-5,7,9-10,15H,2-3,6,8H2,1H3,(H,16,17). The van der Waals surface area contributed by atoms with Crippen molar-refractivity contribution in [3.63, 3.8) is 0 Å². The summed E-state index contributed by atoms with van der Waals surface area (Å²) >= 11 is 0. The van der Waals surface area contributed by atoms with Gasteiger partial charge < -0.3 is 10.3 Å². The van der Waals surface area contributed by atoms with Crippen molar-refractivity contribution in [2.24, 2.45) is 0 Å². The molecule has 0 saturated carbocycles. The summed E-state index contributed by atoms with van der Waals surface area (Å²) in [6.07, 6.45) is 4.35. The summed E-state index contributed by atoms with van der Waals surface area (Å²) in [5, 5.41) is 4.15. The fraction of sp³-hybridized carbons (Fsp3) is 0.357. The van der Waals surface area contributed by atoms with E-state index in [-0.39, 0.29) is 5.91 Å². The predicted molar refractivity (Wildman–Crippen MR) is 69.9 cm³/mol. The highest BCUT2D eigenvalue weighted by Gasteiger charge is 2.00. The van der Waals surface area contributed by atoms with E-state index in [1.165, 1.54) is 10.9 Å². The first-order valence-corrected chi connectivity index (χ1v) is 6.12. The highest BCUT2D eigenvalue weighted by Crippen LogP contribution is 2.14. The molecule has 0 aliphatic carbocycles. The molecule has 1 heterocycles. The minimum Gasteiger partial charge on any atom is -0.361 e. The lowest BCUT2D eigenvalue weighted by Crippen LogP contribution is -2.25. The number of nitrogens with one attached hydrogen (secondary N) is 2. The maximum Gasteiger partial charge on any atom is 0.219 e. The normalized spacial score (nSPS) is 10.6. The smallest absolute Gasteiger partial charge is 0.219 e. The molecule has 1 aromatic carbocycles. The predicted octanol–water partition coefficient (Wildman–Crippen LogP) is 2.63. The van der Waals surface area contributed by atoms with Crippen molar-refractivity contribution < 1.29 is 4.79 Å². The Kier molecular flexibility index (Phi) is 3.81. The first-order valence-electron chi connectivity index (χ1n) is 6.12. The third-order valence-corrected chi connectivity index (χ3v) is 2.83. The van der Waals surface area contributed by atoms with Crippen molar-refractivity contribution in [3.8, 4) is 0 Å². The zero-order valence-corrected chi connectivity index (χ0v) is 10.1. The molecule has 0 spiro atoms. The van der Waals surface area contributed by atoms with Gasteiger partial charge in [0.2, 0.25) is 5.91 Å². The highest BCUT2D eigenvalue weighted by atomic mass is 16.1. The lowest BCUT2D eigenvalue weighted by molar-refractivity contribution is -0.121. The molecule has 0 bridgehead atoms. The molecule has 2 N–H and O–H groups in total. The number of carbonyl (C=O) groups is 1. The number of amides is 1. The van der Waals surface area contributed by atoms with Gasteiger partial charge in [-0.1, -0.05) is 19.1 Å². The van der Waals surface area contributed by atoms with Gasteiger partial charge in [-0.2, -0.15) is 0 Å². The summed E-state index contributed by atoms with van der Waals surface area (Å²) in [4.78, 5) is 14.5. The molecule has 90 valence electrons. The molecule has 3 heteroatoms. The topological polar surface area (TPSA) is 44.9 Å². The zero-order chi connectivity index (χ0) is 12.1. The molecular formula is C14H18N2O. The van der Waals surface area contributed by atoms with Crippen LogP contribution in [0.2, 0.25) is 0 Å². The Hall–Kier alpha value is -1.77. The molecule has 0 radical (unpaired) electrons. The van der Waals surface area contributed by atoms with Crippen LogP contribution in [0.15, 0.2) is 30.5 Å². The van der Waals surface area contributed by atoms with E-state index in [2.05, 4.69) is 34.6 Å². The first kappa shape index (κ1) is 11.7. The maximum atomic E-state index is 11.3. The Morgan fingerprint density at radius 2 is 2.24 bits per heavy atom. The second-order valence-corrected chi connectivity index (χ2v) is 4.25. The van der Waals surface area contributed by atoms with E-state index in [0.717, 1.165) is 18.4 Å². The summed E-state index contributed by atoms with van der Waals surface area (Å²) in [6, 6.07) is 8.42. The van der Waals surface area contributed by atoms with E-state index in [0.29, 0.717) is 13.0 Å². The third-order valence-electron chi connectivity index (χ3n) is 2.83. The maximum absolute atomic E-state index is 11.3. The minimum atomic E-state index is 0.147. The number of hydrogen-bond acceptors (Lipinski definition) is 1. The molecule has 0 aliphatic heterocycles. The molecule has 0 aliphatic rings. The van der Waals surface area contributed by atoms with E-state index >= 15 is 0 Å². The van der Waals surface area contributed by atoms with Gasteiger partial charge in [-0.25, -0.2) is 0 Å². The Bertz CT molecular complexity index is 502. The van der Waals surface area contributed by atoms with Crippen LogP contribution in [-0.4, -0.2) is 17.4 Å². The Labute approximate surface area is 101 Å². The molecule has 1 aromatic heterocycles. The van der Waals surface area contributed by atoms with Crippen molar-refractivity contribution in [3.05, 3.63) is 36.0 Å². The summed E-state index contributed by atoms with van der Waals surface area (Å²) in [6.45, 7) is 2.73. The molecule has 2 aromatic rings. The van der Waals surface area contributed by atoms with Crippen LogP contribution >= 0.6 is 0 Å². The first-order chi connectivity index (χ1) is 8.29. The lowest BCUT2D eigenvalue weighted by atomic mass is 10.1. The van der Waals surface area contributed by atoms with Gasteiger partial charge in [-0.3, -0.25) is 4.79 Å². The molecular weight excluding hydrogens is 212 g/mol. The van der Waals surface area contributed by atoms with Crippen LogP contribution in [0.1, 0.15) is 25.3 Å². The number of H-pyrrole nitrogens is 1. The second kappa shape index (κ2) is 5.53. The highest BCUT2D eigenvalue weighted by molar-refractivity contribution is 5.80. The molecule has 0 saturated heterocycles. The number of benzene rings is 1. The number of aromatic nitrogens is 1. The van der Waals surface area contributed by atoms with E-state index in [9.17, 15) is 4.79 Å². The monoisotopic (exact) mass is 230 g/mol. The van der Waals surface area contributed by atoms with Crippen molar-refractivity contribution >= 4 is 16.8 Å². The average Bonchev–Trinajstić information content (AvgIpc) is 2.76. The Morgan fingerprint density at radius 1 is 1.35 bits per heavy atom. The molecule has 17 heavy (non-hydrogen) atoms. The van der Waals surface area contributed by atoms with Crippen LogP contribution in [0.25, 0.3) is 10.9 Å². The van der Waals surface area contributed by atoms with Gasteiger partial charge >= 0.3 is 0 Å². The van der Waals surface area contributed by atoms with Gasteiger partial charge in [-0.05, 0) is 35.9 Å². The molecule has 0 fully saturated rings. The van der Waals surface area contributed by atoms with Crippen molar-refractivity contribution in [2.75, 3.05) is 6.54 Å². The van der Waals surface area contributed by atoms with E-state index in [1.54, 1.807) is 0 Å². The van der Waals surface area contributed by atoms with Gasteiger partial charge in [0.05, 0.1) is 0 Å². The number of rotatable bonds is 5. The quantitative estimate of drug-likeness (QED) is 0.814. The van der Waals surface area contributed by atoms with Crippen LogP contribution in [0, 0.1) is 0 Å². The Balaban J connectivity index is 1.88. The van der Waals surface area contributed by atoms with Gasteiger partial charge in [0.25, 0.3) is 0 Å². The third kappa shape index (κ3) is 3.09. The van der Waals surface area contributed by atoms with Gasteiger partial charge in [0.1, 0.15) is 0 Å². The van der Waals surface area contributed by atoms with Crippen molar-refractivity contribution in [1.82, 2.24) is 10.3 Å². The molecule has 0 atom stereocenters. The largest absolute Gasteiger partial charge is 0.361 e. The molecule has 1 amide bonds. The number of fused-ring (bicyclic) bond motifs is 1. The lowest BCUT2D eigenvalue weighted by Gasteiger charge is -2.04. The van der Waals surface area contributed by atoms with Crippen LogP contribution in [-0.2, 0) is 11.2 Å². The van der Waals surface area contributed by atoms with Crippen LogP contribution in [0.5, 0.6) is 0 Å². The molecule has 3 nitrogen and oxygen atoms in total. The summed E-state index contributed by atoms with van der Waals surface area (Å²) in [7, 11) is 0. The van der Waals surface area contributed by atoms with E-state index in [1.807, 2.05) is 13.1 Å². The zero-order valence-electron chi connectivity index (χ0n) is 10.1. The fourth-order valence-corrected chi connectivity index (χ4v) is 1.91. The minimum absolute atomic E-state index is 0.147. The van der Waals surface area contributed by atoms with Crippen molar-refractivity contribution in [1.29, 1.82) is 0 Å².